The van der Waals surface area contributed by atoms with E-state index in [-0.39, 0.29) is 23.6 Å². The van der Waals surface area contributed by atoms with Gasteiger partial charge < -0.3 is 20.3 Å². The molecule has 0 aliphatic heterocycles. The van der Waals surface area contributed by atoms with E-state index in [9.17, 15) is 14.4 Å². The van der Waals surface area contributed by atoms with Gasteiger partial charge in [0.2, 0.25) is 11.8 Å². The average molecular weight is 562 g/mol. The summed E-state index contributed by atoms with van der Waals surface area (Å²) in [6.45, 7) is 11.9. The third-order valence-electron chi connectivity index (χ3n) is 7.20. The van der Waals surface area contributed by atoms with E-state index < -0.39 is 23.8 Å². The lowest BCUT2D eigenvalue weighted by Crippen LogP contribution is -2.54. The molecule has 2 atom stereocenters. The molecule has 1 aliphatic rings. The zero-order valence-corrected chi connectivity index (χ0v) is 25.9. The number of amides is 3. The van der Waals surface area contributed by atoms with Gasteiger partial charge in [-0.15, -0.1) is 0 Å². The number of carbonyl (C=O) groups is 3. The highest BCUT2D eigenvalue weighted by atomic mass is 32.1. The molecule has 7 nitrogen and oxygen atoms in total. The minimum absolute atomic E-state index is 0.0914. The molecule has 0 spiro atoms. The Bertz CT molecular complexity index is 940. The summed E-state index contributed by atoms with van der Waals surface area (Å²) in [6.07, 6.45) is 9.69. The minimum Gasteiger partial charge on any atom is -0.444 e. The molecule has 0 aromatic heterocycles. The van der Waals surface area contributed by atoms with Gasteiger partial charge in [-0.2, -0.15) is 12.6 Å². The van der Waals surface area contributed by atoms with Gasteiger partial charge >= 0.3 is 6.09 Å². The third kappa shape index (κ3) is 11.1. The van der Waals surface area contributed by atoms with E-state index in [1.165, 1.54) is 6.42 Å². The van der Waals surface area contributed by atoms with Gasteiger partial charge in [-0.3, -0.25) is 9.59 Å². The van der Waals surface area contributed by atoms with Crippen molar-refractivity contribution in [3.8, 4) is 0 Å². The lowest BCUT2D eigenvalue weighted by atomic mass is 9.93. The Morgan fingerprint density at radius 1 is 1.05 bits per heavy atom. The highest BCUT2D eigenvalue weighted by Crippen LogP contribution is 2.29. The molecule has 1 fully saturated rings. The number of benzene rings is 1. The lowest BCUT2D eigenvalue weighted by Gasteiger charge is -2.36. The van der Waals surface area contributed by atoms with Gasteiger partial charge in [-0.1, -0.05) is 75.6 Å². The number of carbonyl (C=O) groups excluding carboxylic acids is 3. The normalized spacial score (nSPS) is 15.8. The van der Waals surface area contributed by atoms with Gasteiger partial charge in [0, 0.05) is 18.3 Å². The van der Waals surface area contributed by atoms with Gasteiger partial charge in [-0.05, 0) is 65.0 Å². The molecule has 0 radical (unpaired) electrons. The van der Waals surface area contributed by atoms with E-state index in [1.807, 2.05) is 32.0 Å². The van der Waals surface area contributed by atoms with E-state index in [0.717, 1.165) is 74.5 Å². The van der Waals surface area contributed by atoms with Crippen molar-refractivity contribution in [3.05, 3.63) is 34.9 Å². The zero-order chi connectivity index (χ0) is 29.0. The molecule has 3 amide bonds. The van der Waals surface area contributed by atoms with Crippen LogP contribution in [-0.4, -0.2) is 52.8 Å². The van der Waals surface area contributed by atoms with Crippen LogP contribution in [0.1, 0.15) is 115 Å². The fourth-order valence-electron chi connectivity index (χ4n) is 5.12. The smallest absolute Gasteiger partial charge is 0.408 e. The number of rotatable bonds is 13. The first-order valence-corrected chi connectivity index (χ1v) is 15.4. The maximum Gasteiger partial charge on any atom is 0.408 e. The van der Waals surface area contributed by atoms with E-state index in [0.29, 0.717) is 6.54 Å². The Labute approximate surface area is 241 Å². The number of ether oxygens (including phenoxy) is 1. The maximum atomic E-state index is 14.1. The third-order valence-corrected chi connectivity index (χ3v) is 7.56. The molecule has 220 valence electrons. The molecule has 1 saturated carbocycles. The molecule has 1 aromatic rings. The number of thiol groups is 1. The van der Waals surface area contributed by atoms with Crippen LogP contribution in [0.5, 0.6) is 0 Å². The number of nitrogens with one attached hydrogen (secondary N) is 2. The van der Waals surface area contributed by atoms with Crippen LogP contribution in [0.2, 0.25) is 0 Å². The summed E-state index contributed by atoms with van der Waals surface area (Å²) in [5, 5.41) is 5.98. The van der Waals surface area contributed by atoms with E-state index in [2.05, 4.69) is 30.2 Å². The molecule has 0 heterocycles. The summed E-state index contributed by atoms with van der Waals surface area (Å²) in [6, 6.07) is 4.43. The van der Waals surface area contributed by atoms with E-state index in [1.54, 1.807) is 25.7 Å². The van der Waals surface area contributed by atoms with Crippen molar-refractivity contribution in [3.63, 3.8) is 0 Å². The Hall–Kier alpha value is -2.22. The van der Waals surface area contributed by atoms with Crippen LogP contribution >= 0.6 is 12.6 Å². The molecular weight excluding hydrogens is 510 g/mol. The average Bonchev–Trinajstić information content (AvgIpc) is 2.87. The number of nitrogens with zero attached hydrogens (tertiary/aromatic N) is 1. The predicted molar refractivity (Wildman–Crippen MR) is 161 cm³/mol. The highest BCUT2D eigenvalue weighted by Gasteiger charge is 2.37. The maximum absolute atomic E-state index is 14.1. The summed E-state index contributed by atoms with van der Waals surface area (Å²) in [5.41, 5.74) is 2.10. The second-order valence-corrected chi connectivity index (χ2v) is 12.3. The second kappa shape index (κ2) is 16.1. The standard InChI is InChI=1S/C31H51N3O4S/c1-7-8-9-10-14-19-34(29(36)26(21-39)33-30(37)38-31(4,5)6)27(25-20-22(2)17-18-23(25)3)28(35)32-24-15-12-11-13-16-24/h17-18,20,24,26-27,39H,7-16,19,21H2,1-6H3,(H,32,35)(H,33,37). The van der Waals surface area contributed by atoms with Crippen molar-refractivity contribution in [1.82, 2.24) is 15.5 Å². The second-order valence-electron chi connectivity index (χ2n) is 11.9. The van der Waals surface area contributed by atoms with Crippen molar-refractivity contribution < 1.29 is 19.1 Å². The molecule has 2 rings (SSSR count). The van der Waals surface area contributed by atoms with Crippen molar-refractivity contribution in [1.29, 1.82) is 0 Å². The monoisotopic (exact) mass is 561 g/mol. The minimum atomic E-state index is -0.922. The van der Waals surface area contributed by atoms with Crippen molar-refractivity contribution in [2.45, 2.75) is 129 Å². The number of unbranched alkanes of at least 4 members (excludes halogenated alkanes) is 4. The van der Waals surface area contributed by atoms with Crippen LogP contribution in [0, 0.1) is 13.8 Å². The van der Waals surface area contributed by atoms with Crippen LogP contribution in [0.15, 0.2) is 18.2 Å². The number of alkyl carbamates (subject to hydrolysis) is 1. The lowest BCUT2D eigenvalue weighted by molar-refractivity contribution is -0.142. The molecular formula is C31H51N3O4S. The van der Waals surface area contributed by atoms with Gasteiger partial charge in [0.05, 0.1) is 0 Å². The first kappa shape index (κ1) is 33.0. The van der Waals surface area contributed by atoms with Crippen molar-refractivity contribution >= 4 is 30.5 Å². The Kier molecular flexibility index (Phi) is 13.7. The van der Waals surface area contributed by atoms with Gasteiger partial charge in [0.15, 0.2) is 0 Å². The van der Waals surface area contributed by atoms with Crippen LogP contribution in [-0.2, 0) is 14.3 Å². The largest absolute Gasteiger partial charge is 0.444 e. The van der Waals surface area contributed by atoms with E-state index >= 15 is 0 Å². The quantitative estimate of drug-likeness (QED) is 0.192. The summed E-state index contributed by atoms with van der Waals surface area (Å²) in [5.74, 6) is -0.391. The SMILES string of the molecule is CCCCCCCN(C(=O)C(CS)NC(=O)OC(C)(C)C)C(C(=O)NC1CCCCC1)c1cc(C)ccc1C. The Morgan fingerprint density at radius 3 is 2.33 bits per heavy atom. The van der Waals surface area contributed by atoms with Gasteiger partial charge in [0.1, 0.15) is 17.7 Å². The molecule has 0 saturated heterocycles. The molecule has 1 aromatic carbocycles. The zero-order valence-electron chi connectivity index (χ0n) is 25.0. The van der Waals surface area contributed by atoms with Crippen LogP contribution < -0.4 is 10.6 Å². The summed E-state index contributed by atoms with van der Waals surface area (Å²) < 4.78 is 5.42. The van der Waals surface area contributed by atoms with Crippen LogP contribution in [0.25, 0.3) is 0 Å². The topological polar surface area (TPSA) is 87.7 Å². The number of hydrogen-bond donors (Lipinski definition) is 3. The summed E-state index contributed by atoms with van der Waals surface area (Å²) in [7, 11) is 0. The number of hydrogen-bond acceptors (Lipinski definition) is 5. The van der Waals surface area contributed by atoms with Crippen molar-refractivity contribution in [2.75, 3.05) is 12.3 Å². The predicted octanol–water partition coefficient (Wildman–Crippen LogP) is 6.42. The van der Waals surface area contributed by atoms with Crippen LogP contribution in [0.3, 0.4) is 0 Å². The molecule has 8 heteroatoms. The molecule has 2 N–H and O–H groups in total. The fourth-order valence-corrected chi connectivity index (χ4v) is 5.37. The van der Waals surface area contributed by atoms with Gasteiger partial charge in [-0.25, -0.2) is 4.79 Å². The van der Waals surface area contributed by atoms with E-state index in [4.69, 9.17) is 4.74 Å². The summed E-state index contributed by atoms with van der Waals surface area (Å²) in [4.78, 5) is 42.4. The highest BCUT2D eigenvalue weighted by molar-refractivity contribution is 7.80. The molecule has 39 heavy (non-hydrogen) atoms. The van der Waals surface area contributed by atoms with Gasteiger partial charge in [0.25, 0.3) is 0 Å². The van der Waals surface area contributed by atoms with Crippen molar-refractivity contribution in [2.24, 2.45) is 0 Å². The first-order chi connectivity index (χ1) is 18.5. The first-order valence-electron chi connectivity index (χ1n) is 14.7. The number of aryl methyl sites for hydroxylation is 2. The van der Waals surface area contributed by atoms with Crippen LogP contribution in [0.4, 0.5) is 4.79 Å². The Balaban J connectivity index is 2.44. The molecule has 0 bridgehead atoms. The summed E-state index contributed by atoms with van der Waals surface area (Å²) >= 11 is 4.40. The molecule has 2 unspecified atom stereocenters. The Morgan fingerprint density at radius 2 is 1.72 bits per heavy atom. The fraction of sp³-hybridized carbons (Fsp3) is 0.710. The molecule has 1 aliphatic carbocycles.